The van der Waals surface area contributed by atoms with Crippen LogP contribution in [0.2, 0.25) is 0 Å². The highest BCUT2D eigenvalue weighted by Gasteiger charge is 2.56. The van der Waals surface area contributed by atoms with Crippen LogP contribution in [-0.2, 0) is 54.2 Å². The Morgan fingerprint density at radius 3 is 2.10 bits per heavy atom. The van der Waals surface area contributed by atoms with Gasteiger partial charge in [-0.3, -0.25) is 29.4 Å². The molecule has 1 fully saturated rings. The SMILES string of the molecule is CCN(CCl)C(=O)OCc1ccc(O[C@@H]2O[C@H](C(=O)OC)C(OC(C)=O)C(OC(C)=O)C2OC(C)=O)c([N+](=O)[O-])c1. The molecule has 2 rings (SSSR count). The van der Waals surface area contributed by atoms with Crippen molar-refractivity contribution in [1.82, 2.24) is 4.90 Å². The molecule has 1 amide bonds. The van der Waals surface area contributed by atoms with Gasteiger partial charge in [0.05, 0.1) is 18.0 Å². The zero-order chi connectivity index (χ0) is 30.9. The van der Waals surface area contributed by atoms with Crippen LogP contribution in [-0.4, -0.2) is 90.2 Å². The van der Waals surface area contributed by atoms with E-state index in [0.29, 0.717) is 0 Å². The number of nitrogens with zero attached hydrogens (tertiary/aromatic N) is 2. The Kier molecular flexibility index (Phi) is 12.1. The van der Waals surface area contributed by atoms with Crippen molar-refractivity contribution in [2.45, 2.75) is 65.0 Å². The van der Waals surface area contributed by atoms with Gasteiger partial charge in [0.25, 0.3) is 0 Å². The smallest absolute Gasteiger partial charge is 0.411 e. The molecule has 0 radical (unpaired) electrons. The Hall–Kier alpha value is -4.18. The summed E-state index contributed by atoms with van der Waals surface area (Å²) in [6.45, 7) is 4.66. The summed E-state index contributed by atoms with van der Waals surface area (Å²) in [5.74, 6) is -4.21. The topological polar surface area (TPSA) is 196 Å². The number of benzene rings is 1. The molecule has 1 aromatic carbocycles. The van der Waals surface area contributed by atoms with Crippen LogP contribution in [0, 0.1) is 10.1 Å². The van der Waals surface area contributed by atoms with E-state index in [4.69, 9.17) is 44.8 Å². The molecule has 0 aliphatic carbocycles. The third-order valence-electron chi connectivity index (χ3n) is 5.44. The second-order valence-corrected chi connectivity index (χ2v) is 8.62. The number of carbonyl (C=O) groups is 5. The van der Waals surface area contributed by atoms with Gasteiger partial charge < -0.3 is 33.2 Å². The predicted octanol–water partition coefficient (Wildman–Crippen LogP) is 1.82. The van der Waals surface area contributed by atoms with E-state index >= 15 is 0 Å². The van der Waals surface area contributed by atoms with Gasteiger partial charge in [0.1, 0.15) is 6.61 Å². The second-order valence-electron chi connectivity index (χ2n) is 8.38. The molecule has 41 heavy (non-hydrogen) atoms. The fourth-order valence-electron chi connectivity index (χ4n) is 3.69. The number of methoxy groups -OCH3 is 1. The molecule has 5 atom stereocenters. The fraction of sp³-hybridized carbons (Fsp3) is 0.542. The number of alkyl halides is 1. The van der Waals surface area contributed by atoms with E-state index in [0.717, 1.165) is 40.0 Å². The third-order valence-corrected chi connectivity index (χ3v) is 5.73. The lowest BCUT2D eigenvalue weighted by atomic mass is 9.97. The molecule has 1 aliphatic heterocycles. The molecule has 1 saturated heterocycles. The summed E-state index contributed by atoms with van der Waals surface area (Å²) < 4.78 is 36.8. The lowest BCUT2D eigenvalue weighted by Crippen LogP contribution is -2.64. The first-order chi connectivity index (χ1) is 19.3. The van der Waals surface area contributed by atoms with Crippen molar-refractivity contribution in [1.29, 1.82) is 0 Å². The van der Waals surface area contributed by atoms with Gasteiger partial charge in [-0.25, -0.2) is 9.59 Å². The quantitative estimate of drug-likeness (QED) is 0.0885. The van der Waals surface area contributed by atoms with Crippen LogP contribution in [0.4, 0.5) is 10.5 Å². The molecule has 16 nitrogen and oxygen atoms in total. The van der Waals surface area contributed by atoms with Gasteiger partial charge in [-0.2, -0.15) is 0 Å². The zero-order valence-electron chi connectivity index (χ0n) is 22.7. The van der Waals surface area contributed by atoms with Crippen molar-refractivity contribution in [2.75, 3.05) is 19.7 Å². The molecule has 1 heterocycles. The molecule has 1 aliphatic rings. The van der Waals surface area contributed by atoms with Crippen molar-refractivity contribution in [3.05, 3.63) is 33.9 Å². The van der Waals surface area contributed by atoms with Gasteiger partial charge in [0, 0.05) is 33.4 Å². The predicted molar refractivity (Wildman–Crippen MR) is 134 cm³/mol. The average Bonchev–Trinajstić information content (AvgIpc) is 2.90. The highest BCUT2D eigenvalue weighted by Crippen LogP contribution is 2.35. The maximum Gasteiger partial charge on any atom is 0.411 e. The van der Waals surface area contributed by atoms with Gasteiger partial charge in [0.2, 0.25) is 12.4 Å². The van der Waals surface area contributed by atoms with Gasteiger partial charge in [-0.15, -0.1) is 11.6 Å². The molecular weight excluding hydrogens is 576 g/mol. The van der Waals surface area contributed by atoms with E-state index in [2.05, 4.69) is 0 Å². The number of rotatable bonds is 11. The number of halogens is 1. The first-order valence-corrected chi connectivity index (χ1v) is 12.5. The molecule has 226 valence electrons. The van der Waals surface area contributed by atoms with Crippen LogP contribution in [0.15, 0.2) is 18.2 Å². The average molecular weight is 605 g/mol. The minimum absolute atomic E-state index is 0.119. The number of hydrogen-bond acceptors (Lipinski definition) is 14. The molecular formula is C24H29ClN2O14. The van der Waals surface area contributed by atoms with Crippen LogP contribution in [0.5, 0.6) is 5.75 Å². The first kappa shape index (κ1) is 33.0. The van der Waals surface area contributed by atoms with Crippen LogP contribution in [0.1, 0.15) is 33.3 Å². The number of esters is 4. The van der Waals surface area contributed by atoms with E-state index in [1.54, 1.807) is 6.92 Å². The van der Waals surface area contributed by atoms with E-state index in [1.807, 2.05) is 0 Å². The lowest BCUT2D eigenvalue weighted by molar-refractivity contribution is -0.387. The number of carbonyl (C=O) groups excluding carboxylic acids is 5. The van der Waals surface area contributed by atoms with Gasteiger partial charge in [-0.05, 0) is 18.6 Å². The first-order valence-electron chi connectivity index (χ1n) is 12.0. The molecule has 1 aromatic rings. The molecule has 0 N–H and O–H groups in total. The minimum Gasteiger partial charge on any atom is -0.467 e. The van der Waals surface area contributed by atoms with Crippen LogP contribution in [0.25, 0.3) is 0 Å². The van der Waals surface area contributed by atoms with Crippen LogP contribution >= 0.6 is 11.6 Å². The van der Waals surface area contributed by atoms with Crippen molar-refractivity contribution < 1.29 is 62.1 Å². The number of nitro benzene ring substituents is 1. The maximum absolute atomic E-state index is 12.6. The highest BCUT2D eigenvalue weighted by molar-refractivity contribution is 6.18. The molecule has 3 unspecified atom stereocenters. The number of nitro groups is 1. The van der Waals surface area contributed by atoms with Gasteiger partial charge >= 0.3 is 35.7 Å². The summed E-state index contributed by atoms with van der Waals surface area (Å²) in [6.07, 6.45) is -9.26. The molecule has 0 saturated carbocycles. The van der Waals surface area contributed by atoms with Crippen molar-refractivity contribution in [2.24, 2.45) is 0 Å². The van der Waals surface area contributed by atoms with E-state index in [9.17, 15) is 34.1 Å². The van der Waals surface area contributed by atoms with Crippen molar-refractivity contribution in [3.8, 4) is 5.75 Å². The summed E-state index contributed by atoms with van der Waals surface area (Å²) in [5, 5.41) is 11.9. The Bertz CT molecular complexity index is 1160. The zero-order valence-corrected chi connectivity index (χ0v) is 23.5. The van der Waals surface area contributed by atoms with Gasteiger partial charge in [-0.1, -0.05) is 6.07 Å². The largest absolute Gasteiger partial charge is 0.467 e. The maximum atomic E-state index is 12.6. The summed E-state index contributed by atoms with van der Waals surface area (Å²) >= 11 is 5.67. The van der Waals surface area contributed by atoms with Crippen LogP contribution in [0.3, 0.4) is 0 Å². The number of hydrogen-bond donors (Lipinski definition) is 0. The van der Waals surface area contributed by atoms with E-state index in [1.165, 1.54) is 11.0 Å². The second kappa shape index (κ2) is 15.0. The standard InChI is InChI=1S/C24H29ClN2O14/c1-6-26(11-25)24(32)36-10-15-7-8-17(16(9-15)27(33)34)40-23-21(39-14(4)30)19(38-13(3)29)18(37-12(2)28)20(41-23)22(31)35-5/h7-9,18-21,23H,6,10-11H2,1-5H3/t18?,19?,20-,21?,23+/m0/s1. The molecule has 0 spiro atoms. The Labute approximate surface area is 238 Å². The fourth-order valence-corrected chi connectivity index (χ4v) is 3.96. The highest BCUT2D eigenvalue weighted by atomic mass is 35.5. The Balaban J connectivity index is 2.48. The normalized spacial score (nSPS) is 21.6. The van der Waals surface area contributed by atoms with E-state index < -0.39 is 77.0 Å². The summed E-state index contributed by atoms with van der Waals surface area (Å²) in [6, 6.07) is 3.44. The molecule has 0 aromatic heterocycles. The van der Waals surface area contributed by atoms with Crippen LogP contribution < -0.4 is 4.74 Å². The number of amides is 1. The minimum atomic E-state index is -1.80. The molecule has 17 heteroatoms. The number of ether oxygens (including phenoxy) is 7. The monoisotopic (exact) mass is 604 g/mol. The Morgan fingerprint density at radius 1 is 1.00 bits per heavy atom. The van der Waals surface area contributed by atoms with E-state index in [-0.39, 0.29) is 24.7 Å². The Morgan fingerprint density at radius 2 is 1.59 bits per heavy atom. The summed E-state index contributed by atoms with van der Waals surface area (Å²) in [7, 11) is 1.01. The third kappa shape index (κ3) is 8.91. The van der Waals surface area contributed by atoms with Crippen molar-refractivity contribution >= 4 is 47.3 Å². The summed E-state index contributed by atoms with van der Waals surface area (Å²) in [4.78, 5) is 72.5. The summed E-state index contributed by atoms with van der Waals surface area (Å²) in [5.41, 5.74) is -0.404. The van der Waals surface area contributed by atoms with Crippen molar-refractivity contribution in [3.63, 3.8) is 0 Å². The lowest BCUT2D eigenvalue weighted by Gasteiger charge is -2.42. The molecule has 0 bridgehead atoms. The van der Waals surface area contributed by atoms with Gasteiger partial charge in [0.15, 0.2) is 24.1 Å².